The standard InChI is InChI=1S/C43H54N2O/c1-7-9-19-31-44-37-25-15-13-23-35(37)42(3,4)39(44)27-17-11-21-33-29-30-34(41(33)46)22-12-18-28-40-43(5,6)36-24-14-16-26-38(36)45(40)32-20-10-8-2/h11-18,21-28H,7-10,19-20,29-32H2,1-6H3. The second-order valence-corrected chi connectivity index (χ2v) is 14.1. The van der Waals surface area contributed by atoms with E-state index in [0.717, 1.165) is 37.1 Å². The number of nitrogens with zero attached hydrogens (tertiary/aromatic N) is 2. The Morgan fingerprint density at radius 2 is 0.978 bits per heavy atom. The third kappa shape index (κ3) is 6.80. The third-order valence-electron chi connectivity index (χ3n) is 10.1. The number of hydrogen-bond donors (Lipinski definition) is 0. The van der Waals surface area contributed by atoms with Crippen LogP contribution < -0.4 is 9.80 Å². The molecule has 242 valence electrons. The molecule has 3 nitrogen and oxygen atoms in total. The first-order chi connectivity index (χ1) is 22.2. The zero-order valence-corrected chi connectivity index (χ0v) is 29.1. The number of rotatable bonds is 12. The van der Waals surface area contributed by atoms with Crippen LogP contribution in [0.3, 0.4) is 0 Å². The van der Waals surface area contributed by atoms with Crippen molar-refractivity contribution in [2.75, 3.05) is 22.9 Å². The first-order valence-corrected chi connectivity index (χ1v) is 17.7. The third-order valence-corrected chi connectivity index (χ3v) is 10.1. The van der Waals surface area contributed by atoms with E-state index in [-0.39, 0.29) is 16.6 Å². The number of carbonyl (C=O) groups excluding carboxylic acids is 1. The van der Waals surface area contributed by atoms with Crippen LogP contribution in [-0.4, -0.2) is 18.9 Å². The molecule has 3 heteroatoms. The van der Waals surface area contributed by atoms with Gasteiger partial charge < -0.3 is 9.80 Å². The van der Waals surface area contributed by atoms with Gasteiger partial charge >= 0.3 is 0 Å². The van der Waals surface area contributed by atoms with Crippen molar-refractivity contribution in [1.29, 1.82) is 0 Å². The fourth-order valence-electron chi connectivity index (χ4n) is 7.46. The van der Waals surface area contributed by atoms with Gasteiger partial charge in [0.2, 0.25) is 0 Å². The second-order valence-electron chi connectivity index (χ2n) is 14.1. The lowest BCUT2D eigenvalue weighted by molar-refractivity contribution is -0.111. The maximum Gasteiger partial charge on any atom is 0.185 e. The van der Waals surface area contributed by atoms with Gasteiger partial charge in [-0.3, -0.25) is 4.79 Å². The highest BCUT2D eigenvalue weighted by Crippen LogP contribution is 2.48. The van der Waals surface area contributed by atoms with E-state index >= 15 is 0 Å². The van der Waals surface area contributed by atoms with Crippen LogP contribution in [0.4, 0.5) is 11.4 Å². The van der Waals surface area contributed by atoms with Crippen LogP contribution in [0.5, 0.6) is 0 Å². The molecule has 0 radical (unpaired) electrons. The molecule has 1 fully saturated rings. The molecule has 2 aromatic carbocycles. The topological polar surface area (TPSA) is 23.6 Å². The molecule has 0 unspecified atom stereocenters. The molecule has 0 N–H and O–H groups in total. The van der Waals surface area contributed by atoms with Crippen LogP contribution in [-0.2, 0) is 15.6 Å². The van der Waals surface area contributed by atoms with Crippen LogP contribution in [0.2, 0.25) is 0 Å². The maximum atomic E-state index is 13.3. The number of Topliss-reactive ketones (excluding diaryl/α,β-unsaturated/α-hetero) is 1. The molecule has 0 aromatic heterocycles. The van der Waals surface area contributed by atoms with Gasteiger partial charge in [0.05, 0.1) is 0 Å². The first kappa shape index (κ1) is 33.5. The summed E-state index contributed by atoms with van der Waals surface area (Å²) in [5.74, 6) is 0.180. The van der Waals surface area contributed by atoms with Crippen molar-refractivity contribution in [2.45, 2.75) is 104 Å². The molecule has 0 atom stereocenters. The van der Waals surface area contributed by atoms with Crippen molar-refractivity contribution >= 4 is 17.2 Å². The van der Waals surface area contributed by atoms with Crippen molar-refractivity contribution in [3.63, 3.8) is 0 Å². The number of fused-ring (bicyclic) bond motifs is 2. The molecule has 0 bridgehead atoms. The molecule has 0 amide bonds. The Labute approximate surface area is 278 Å². The van der Waals surface area contributed by atoms with Crippen molar-refractivity contribution in [2.24, 2.45) is 0 Å². The van der Waals surface area contributed by atoms with Crippen LogP contribution >= 0.6 is 0 Å². The van der Waals surface area contributed by atoms with E-state index in [1.807, 2.05) is 12.2 Å². The minimum absolute atomic E-state index is 0.0515. The molecular weight excluding hydrogens is 560 g/mol. The van der Waals surface area contributed by atoms with Crippen molar-refractivity contribution in [1.82, 2.24) is 0 Å². The van der Waals surface area contributed by atoms with E-state index in [1.165, 1.54) is 72.4 Å². The summed E-state index contributed by atoms with van der Waals surface area (Å²) in [5, 5.41) is 0. The first-order valence-electron chi connectivity index (χ1n) is 17.7. The van der Waals surface area contributed by atoms with Gasteiger partial charge in [-0.25, -0.2) is 0 Å². The molecule has 5 rings (SSSR count). The number of para-hydroxylation sites is 2. The SMILES string of the molecule is CCCCCN1C(=CC=CC=C2CCC(=CC=CC=C3N(CCCCC)c4ccccc4C3(C)C)C2=O)C(C)(C)c2ccccc21. The fourth-order valence-corrected chi connectivity index (χ4v) is 7.46. The Morgan fingerprint density at radius 3 is 1.39 bits per heavy atom. The number of allylic oxidation sites excluding steroid dienone is 12. The summed E-state index contributed by atoms with van der Waals surface area (Å²) in [7, 11) is 0. The van der Waals surface area contributed by atoms with Gasteiger partial charge in [-0.2, -0.15) is 0 Å². The Bertz CT molecular complexity index is 1470. The summed E-state index contributed by atoms with van der Waals surface area (Å²) in [6.07, 6.45) is 25.8. The summed E-state index contributed by atoms with van der Waals surface area (Å²) in [6.45, 7) is 15.9. The lowest BCUT2D eigenvalue weighted by Crippen LogP contribution is -2.27. The van der Waals surface area contributed by atoms with Gasteiger partial charge in [0, 0.05) is 57.8 Å². The highest BCUT2D eigenvalue weighted by molar-refractivity contribution is 6.11. The van der Waals surface area contributed by atoms with Crippen molar-refractivity contribution in [3.05, 3.63) is 131 Å². The van der Waals surface area contributed by atoms with Crippen LogP contribution in [0, 0.1) is 0 Å². The van der Waals surface area contributed by atoms with E-state index in [9.17, 15) is 4.79 Å². The average Bonchev–Trinajstić information content (AvgIpc) is 3.58. The Balaban J connectivity index is 1.27. The van der Waals surface area contributed by atoms with E-state index in [2.05, 4.69) is 136 Å². The van der Waals surface area contributed by atoms with Gasteiger partial charge in [-0.1, -0.05) is 140 Å². The van der Waals surface area contributed by atoms with Crippen molar-refractivity contribution < 1.29 is 4.79 Å². The smallest absolute Gasteiger partial charge is 0.185 e. The Hall–Kier alpha value is -3.85. The predicted molar refractivity (Wildman–Crippen MR) is 198 cm³/mol. The van der Waals surface area contributed by atoms with Gasteiger partial charge in [0.25, 0.3) is 0 Å². The number of benzene rings is 2. The minimum Gasteiger partial charge on any atom is -0.344 e. The quantitative estimate of drug-likeness (QED) is 0.175. The highest BCUT2D eigenvalue weighted by atomic mass is 16.1. The molecule has 2 heterocycles. The van der Waals surface area contributed by atoms with Crippen molar-refractivity contribution in [3.8, 4) is 0 Å². The zero-order chi connectivity index (χ0) is 32.7. The van der Waals surface area contributed by atoms with Gasteiger partial charge in [-0.05, 0) is 61.1 Å². The second kappa shape index (κ2) is 14.7. The highest BCUT2D eigenvalue weighted by Gasteiger charge is 2.40. The maximum absolute atomic E-state index is 13.3. The van der Waals surface area contributed by atoms with E-state index < -0.39 is 0 Å². The minimum atomic E-state index is -0.0515. The predicted octanol–water partition coefficient (Wildman–Crippen LogP) is 11.1. The number of ketones is 1. The van der Waals surface area contributed by atoms with Crippen LogP contribution in [0.1, 0.15) is 104 Å². The lowest BCUT2D eigenvalue weighted by atomic mass is 9.84. The summed E-state index contributed by atoms with van der Waals surface area (Å²) in [4.78, 5) is 18.3. The van der Waals surface area contributed by atoms with Gasteiger partial charge in [0.1, 0.15) is 0 Å². The van der Waals surface area contributed by atoms with E-state index in [0.29, 0.717) is 0 Å². The molecule has 1 aliphatic carbocycles. The summed E-state index contributed by atoms with van der Waals surface area (Å²) >= 11 is 0. The van der Waals surface area contributed by atoms with Gasteiger partial charge in [-0.15, -0.1) is 0 Å². The summed E-state index contributed by atoms with van der Waals surface area (Å²) in [5.41, 5.74) is 9.79. The number of hydrogen-bond acceptors (Lipinski definition) is 3. The number of carbonyl (C=O) groups is 1. The Kier molecular flexibility index (Phi) is 10.7. The normalized spacial score (nSPS) is 22.1. The molecule has 0 spiro atoms. The Morgan fingerprint density at radius 1 is 0.587 bits per heavy atom. The summed E-state index contributed by atoms with van der Waals surface area (Å²) in [6, 6.07) is 17.6. The van der Waals surface area contributed by atoms with Gasteiger partial charge in [0.15, 0.2) is 5.78 Å². The molecule has 46 heavy (non-hydrogen) atoms. The largest absolute Gasteiger partial charge is 0.344 e. The molecule has 1 saturated carbocycles. The zero-order valence-electron chi connectivity index (χ0n) is 29.1. The molecule has 2 aliphatic heterocycles. The molecule has 2 aromatic rings. The fraction of sp³-hybridized carbons (Fsp3) is 0.419. The van der Waals surface area contributed by atoms with E-state index in [1.54, 1.807) is 0 Å². The summed E-state index contributed by atoms with van der Waals surface area (Å²) < 4.78 is 0. The molecular formula is C43H54N2O. The van der Waals surface area contributed by atoms with E-state index in [4.69, 9.17) is 0 Å². The number of anilines is 2. The van der Waals surface area contributed by atoms with Crippen LogP contribution in [0.15, 0.2) is 120 Å². The molecule has 3 aliphatic rings. The lowest BCUT2D eigenvalue weighted by Gasteiger charge is -2.27. The number of unbranched alkanes of at least 4 members (excludes halogenated alkanes) is 4. The monoisotopic (exact) mass is 614 g/mol. The molecule has 0 saturated heterocycles. The van der Waals surface area contributed by atoms with Crippen LogP contribution in [0.25, 0.3) is 0 Å². The average molecular weight is 615 g/mol.